The van der Waals surface area contributed by atoms with Crippen molar-refractivity contribution in [3.8, 4) is 0 Å². The smallest absolute Gasteiger partial charge is 0.407 e. The number of nitrogens with zero attached hydrogens (tertiary/aromatic N) is 2. The molecule has 1 aliphatic heterocycles. The van der Waals surface area contributed by atoms with Gasteiger partial charge in [-0.05, 0) is 38.5 Å². The molecule has 8 nitrogen and oxygen atoms in total. The van der Waals surface area contributed by atoms with E-state index in [4.69, 9.17) is 4.74 Å². The molecule has 172 valence electrons. The lowest BCUT2D eigenvalue weighted by Gasteiger charge is -2.26. The number of alkyl carbamates (subject to hydrolysis) is 1. The van der Waals surface area contributed by atoms with Crippen LogP contribution in [0.25, 0.3) is 0 Å². The summed E-state index contributed by atoms with van der Waals surface area (Å²) in [6.07, 6.45) is 7.09. The normalized spacial score (nSPS) is 21.4. The van der Waals surface area contributed by atoms with E-state index in [0.717, 1.165) is 38.8 Å². The standard InChI is InChI=1S/C22H41N5O3/c1-5-30-22(29)26-19(13-16(2)3)14-24-21(23-4)25-18-11-12-27(15-18)20(28)17-9-7-6-8-10-17/h16-19H,5-15H2,1-4H3,(H,26,29)(H2,23,24,25). The Morgan fingerprint density at radius 2 is 1.90 bits per heavy atom. The van der Waals surface area contributed by atoms with E-state index in [1.807, 2.05) is 4.90 Å². The van der Waals surface area contributed by atoms with Gasteiger partial charge < -0.3 is 25.6 Å². The number of aliphatic imine (C=N–C) groups is 1. The summed E-state index contributed by atoms with van der Waals surface area (Å²) in [5.74, 6) is 1.70. The molecule has 1 aliphatic carbocycles. The van der Waals surface area contributed by atoms with Crippen LogP contribution in [0.4, 0.5) is 4.79 Å². The van der Waals surface area contributed by atoms with Crippen molar-refractivity contribution in [2.45, 2.75) is 77.8 Å². The zero-order valence-electron chi connectivity index (χ0n) is 19.2. The first-order valence-corrected chi connectivity index (χ1v) is 11.6. The molecular weight excluding hydrogens is 382 g/mol. The summed E-state index contributed by atoms with van der Waals surface area (Å²) in [6.45, 7) is 8.51. The van der Waals surface area contributed by atoms with Gasteiger partial charge in [0.15, 0.2) is 5.96 Å². The third-order valence-electron chi connectivity index (χ3n) is 5.89. The van der Waals surface area contributed by atoms with E-state index in [1.54, 1.807) is 14.0 Å². The molecule has 2 atom stereocenters. The second kappa shape index (κ2) is 12.6. The lowest BCUT2D eigenvalue weighted by atomic mass is 9.88. The lowest BCUT2D eigenvalue weighted by molar-refractivity contribution is -0.135. The average Bonchev–Trinajstić information content (AvgIpc) is 3.19. The predicted molar refractivity (Wildman–Crippen MR) is 119 cm³/mol. The summed E-state index contributed by atoms with van der Waals surface area (Å²) in [5, 5.41) is 9.68. The molecule has 0 aromatic carbocycles. The molecule has 2 unspecified atom stereocenters. The summed E-state index contributed by atoms with van der Waals surface area (Å²) in [6, 6.07) is 0.154. The SMILES string of the molecule is CCOC(=O)NC(CNC(=NC)NC1CCN(C(=O)C2CCCCC2)C1)CC(C)C. The van der Waals surface area contributed by atoms with E-state index in [2.05, 4.69) is 34.8 Å². The fourth-order valence-electron chi connectivity index (χ4n) is 4.40. The lowest BCUT2D eigenvalue weighted by Crippen LogP contribution is -2.50. The van der Waals surface area contributed by atoms with Crippen LogP contribution in [0.5, 0.6) is 0 Å². The van der Waals surface area contributed by atoms with Crippen molar-refractivity contribution in [2.75, 3.05) is 33.3 Å². The number of nitrogens with one attached hydrogen (secondary N) is 3. The average molecular weight is 424 g/mol. The molecule has 2 rings (SSSR count). The molecule has 0 aromatic heterocycles. The van der Waals surface area contributed by atoms with E-state index in [9.17, 15) is 9.59 Å². The van der Waals surface area contributed by atoms with Gasteiger partial charge in [-0.15, -0.1) is 0 Å². The molecule has 8 heteroatoms. The van der Waals surface area contributed by atoms with E-state index in [0.29, 0.717) is 30.9 Å². The highest BCUT2D eigenvalue weighted by Crippen LogP contribution is 2.26. The quantitative estimate of drug-likeness (QED) is 0.412. The second-order valence-corrected chi connectivity index (χ2v) is 8.89. The van der Waals surface area contributed by atoms with Crippen molar-refractivity contribution in [2.24, 2.45) is 16.8 Å². The molecule has 3 N–H and O–H groups in total. The maximum absolute atomic E-state index is 12.8. The van der Waals surface area contributed by atoms with Gasteiger partial charge in [0.05, 0.1) is 6.61 Å². The van der Waals surface area contributed by atoms with Crippen molar-refractivity contribution in [3.63, 3.8) is 0 Å². The number of carbonyl (C=O) groups is 2. The molecule has 1 saturated carbocycles. The largest absolute Gasteiger partial charge is 0.450 e. The number of rotatable bonds is 8. The van der Waals surface area contributed by atoms with Crippen LogP contribution in [0, 0.1) is 11.8 Å². The highest BCUT2D eigenvalue weighted by Gasteiger charge is 2.31. The van der Waals surface area contributed by atoms with Crippen LogP contribution in [0.3, 0.4) is 0 Å². The summed E-state index contributed by atoms with van der Waals surface area (Å²) in [4.78, 5) is 30.9. The molecule has 0 spiro atoms. The molecule has 2 fully saturated rings. The zero-order valence-corrected chi connectivity index (χ0v) is 19.2. The van der Waals surface area contributed by atoms with Gasteiger partial charge in [-0.3, -0.25) is 9.79 Å². The van der Waals surface area contributed by atoms with Gasteiger partial charge in [-0.1, -0.05) is 33.1 Å². The molecule has 0 aromatic rings. The molecule has 0 radical (unpaired) electrons. The topological polar surface area (TPSA) is 95.1 Å². The summed E-state index contributed by atoms with van der Waals surface area (Å²) in [5.41, 5.74) is 0. The monoisotopic (exact) mass is 423 g/mol. The zero-order chi connectivity index (χ0) is 21.9. The molecule has 1 saturated heterocycles. The van der Waals surface area contributed by atoms with Gasteiger partial charge in [-0.2, -0.15) is 0 Å². The number of ether oxygens (including phenoxy) is 1. The van der Waals surface area contributed by atoms with Crippen LogP contribution >= 0.6 is 0 Å². The number of guanidine groups is 1. The third kappa shape index (κ3) is 8.03. The molecule has 30 heavy (non-hydrogen) atoms. The van der Waals surface area contributed by atoms with Gasteiger partial charge in [0.2, 0.25) is 5.91 Å². The Labute approximate surface area is 181 Å². The van der Waals surface area contributed by atoms with Crippen molar-refractivity contribution in [1.82, 2.24) is 20.9 Å². The van der Waals surface area contributed by atoms with Crippen molar-refractivity contribution < 1.29 is 14.3 Å². The van der Waals surface area contributed by atoms with Gasteiger partial charge in [0.25, 0.3) is 0 Å². The highest BCUT2D eigenvalue weighted by atomic mass is 16.5. The summed E-state index contributed by atoms with van der Waals surface area (Å²) in [7, 11) is 1.74. The minimum absolute atomic E-state index is 0.0458. The van der Waals surface area contributed by atoms with Crippen molar-refractivity contribution in [3.05, 3.63) is 0 Å². The van der Waals surface area contributed by atoms with Gasteiger partial charge in [-0.25, -0.2) is 4.79 Å². The van der Waals surface area contributed by atoms with Gasteiger partial charge in [0, 0.05) is 44.7 Å². The molecule has 2 amide bonds. The van der Waals surface area contributed by atoms with E-state index in [1.165, 1.54) is 19.3 Å². The maximum Gasteiger partial charge on any atom is 0.407 e. The first-order valence-electron chi connectivity index (χ1n) is 11.6. The Morgan fingerprint density at radius 1 is 1.17 bits per heavy atom. The van der Waals surface area contributed by atoms with E-state index >= 15 is 0 Å². The summed E-state index contributed by atoms with van der Waals surface area (Å²) >= 11 is 0. The number of carbonyl (C=O) groups excluding carboxylic acids is 2. The Hall–Kier alpha value is -1.99. The first-order chi connectivity index (χ1) is 14.4. The van der Waals surface area contributed by atoms with Crippen molar-refractivity contribution >= 4 is 18.0 Å². The summed E-state index contributed by atoms with van der Waals surface area (Å²) < 4.78 is 5.02. The third-order valence-corrected chi connectivity index (χ3v) is 5.89. The minimum atomic E-state index is -0.388. The highest BCUT2D eigenvalue weighted by molar-refractivity contribution is 5.81. The fourth-order valence-corrected chi connectivity index (χ4v) is 4.40. The Kier molecular flexibility index (Phi) is 10.2. The maximum atomic E-state index is 12.8. The second-order valence-electron chi connectivity index (χ2n) is 8.89. The fraction of sp³-hybridized carbons (Fsp3) is 0.864. The Morgan fingerprint density at radius 3 is 2.53 bits per heavy atom. The minimum Gasteiger partial charge on any atom is -0.450 e. The van der Waals surface area contributed by atoms with Crippen LogP contribution in [-0.2, 0) is 9.53 Å². The van der Waals surface area contributed by atoms with Crippen molar-refractivity contribution in [1.29, 1.82) is 0 Å². The number of amides is 2. The van der Waals surface area contributed by atoms with Crippen LogP contribution in [0.15, 0.2) is 4.99 Å². The molecule has 1 heterocycles. The predicted octanol–water partition coefficient (Wildman–Crippen LogP) is 2.49. The van der Waals surface area contributed by atoms with E-state index < -0.39 is 0 Å². The van der Waals surface area contributed by atoms with Crippen LogP contribution in [0.1, 0.15) is 65.7 Å². The Bertz CT molecular complexity index is 575. The first kappa shape index (κ1) is 24.3. The van der Waals surface area contributed by atoms with Crippen LogP contribution in [0.2, 0.25) is 0 Å². The van der Waals surface area contributed by atoms with E-state index in [-0.39, 0.29) is 24.1 Å². The van der Waals surface area contributed by atoms with Crippen LogP contribution < -0.4 is 16.0 Å². The molecular formula is C22H41N5O3. The number of hydrogen-bond donors (Lipinski definition) is 3. The number of likely N-dealkylation sites (tertiary alicyclic amines) is 1. The number of hydrogen-bond acceptors (Lipinski definition) is 4. The van der Waals surface area contributed by atoms with Crippen LogP contribution in [-0.4, -0.2) is 68.2 Å². The molecule has 2 aliphatic rings. The molecule has 0 bridgehead atoms. The van der Waals surface area contributed by atoms with Gasteiger partial charge in [0.1, 0.15) is 0 Å². The Balaban J connectivity index is 1.80. The van der Waals surface area contributed by atoms with Gasteiger partial charge >= 0.3 is 6.09 Å².